The van der Waals surface area contributed by atoms with Gasteiger partial charge in [-0.3, -0.25) is 0 Å². The van der Waals surface area contributed by atoms with Crippen LogP contribution < -0.4 is 14.4 Å². The van der Waals surface area contributed by atoms with Gasteiger partial charge < -0.3 is 19.5 Å². The molecule has 1 fully saturated rings. The molecule has 0 aromatic carbocycles. The molecule has 4 rings (SSSR count). The molecule has 9 nitrogen and oxygen atoms in total. The minimum Gasteiger partial charge on any atom is -0.480 e. The Kier molecular flexibility index (Phi) is 4.02. The number of imidazole rings is 1. The Morgan fingerprint density at radius 3 is 2.74 bits per heavy atom. The topological polar surface area (TPSA) is 97.9 Å². The number of halogens is 2. The number of hydrogen-bond acceptors (Lipinski definition) is 8. The molecule has 1 atom stereocenters. The van der Waals surface area contributed by atoms with Crippen LogP contribution in [0.1, 0.15) is 0 Å². The number of fused-ring (bicyclic) bond motifs is 1. The summed E-state index contributed by atoms with van der Waals surface area (Å²) in [6.45, 7) is -0.828. The maximum absolute atomic E-state index is 13.8. The van der Waals surface area contributed by atoms with E-state index in [1.165, 1.54) is 36.0 Å². The Hall–Kier alpha value is -3.08. The van der Waals surface area contributed by atoms with Crippen molar-refractivity contribution in [2.75, 3.05) is 32.2 Å². The van der Waals surface area contributed by atoms with Crippen molar-refractivity contribution in [2.24, 2.45) is 0 Å². The molecule has 142 valence electrons. The molecule has 3 aromatic heterocycles. The summed E-state index contributed by atoms with van der Waals surface area (Å²) in [5.41, 5.74) is 1.68. The van der Waals surface area contributed by atoms with Crippen molar-refractivity contribution in [2.45, 2.75) is 12.0 Å². The van der Waals surface area contributed by atoms with Crippen LogP contribution in [0, 0.1) is 0 Å². The smallest absolute Gasteiger partial charge is 0.319 e. The molecule has 1 aliphatic rings. The summed E-state index contributed by atoms with van der Waals surface area (Å²) in [6, 6.07) is 1.73. The van der Waals surface area contributed by atoms with Crippen LogP contribution in [-0.4, -0.2) is 69.0 Å². The van der Waals surface area contributed by atoms with Gasteiger partial charge in [0.05, 0.1) is 38.6 Å². The summed E-state index contributed by atoms with van der Waals surface area (Å²) in [5.74, 6) is -2.97. The van der Waals surface area contributed by atoms with E-state index in [1.807, 2.05) is 0 Å². The van der Waals surface area contributed by atoms with Crippen LogP contribution >= 0.6 is 0 Å². The first kappa shape index (κ1) is 17.3. The molecule has 1 aliphatic heterocycles. The van der Waals surface area contributed by atoms with Gasteiger partial charge in [-0.2, -0.15) is 10.1 Å². The average molecular weight is 378 g/mol. The molecule has 11 heteroatoms. The Morgan fingerprint density at radius 2 is 2.07 bits per heavy atom. The van der Waals surface area contributed by atoms with Crippen LogP contribution in [-0.2, 0) is 0 Å². The van der Waals surface area contributed by atoms with E-state index in [0.717, 1.165) is 0 Å². The van der Waals surface area contributed by atoms with E-state index < -0.39 is 18.6 Å². The highest BCUT2D eigenvalue weighted by Crippen LogP contribution is 2.36. The fourth-order valence-corrected chi connectivity index (χ4v) is 3.00. The first-order chi connectivity index (χ1) is 12.9. The summed E-state index contributed by atoms with van der Waals surface area (Å²) in [6.07, 6.45) is 2.85. The number of hydrogen-bond donors (Lipinski definition) is 1. The summed E-state index contributed by atoms with van der Waals surface area (Å²) >= 11 is 0. The van der Waals surface area contributed by atoms with Crippen LogP contribution in [0.25, 0.3) is 16.9 Å². The molecule has 4 heterocycles. The van der Waals surface area contributed by atoms with Gasteiger partial charge in [-0.1, -0.05) is 0 Å². The summed E-state index contributed by atoms with van der Waals surface area (Å²) < 4.78 is 39.4. The van der Waals surface area contributed by atoms with E-state index in [9.17, 15) is 13.9 Å². The Bertz CT molecular complexity index is 995. The lowest BCUT2D eigenvalue weighted by Gasteiger charge is -2.19. The van der Waals surface area contributed by atoms with Crippen molar-refractivity contribution >= 4 is 11.3 Å². The van der Waals surface area contributed by atoms with Crippen molar-refractivity contribution in [3.63, 3.8) is 0 Å². The monoisotopic (exact) mass is 378 g/mol. The molecule has 0 aliphatic carbocycles. The minimum atomic E-state index is -3.20. The predicted molar refractivity (Wildman–Crippen MR) is 90.3 cm³/mol. The van der Waals surface area contributed by atoms with Crippen molar-refractivity contribution in [3.8, 4) is 23.1 Å². The Morgan fingerprint density at radius 1 is 1.26 bits per heavy atom. The summed E-state index contributed by atoms with van der Waals surface area (Å²) in [4.78, 5) is 13.8. The first-order valence-electron chi connectivity index (χ1n) is 8.03. The number of nitrogens with zero attached hydrogens (tertiary/aromatic N) is 6. The lowest BCUT2D eigenvalue weighted by atomic mass is 10.2. The number of aliphatic hydroxyl groups is 1. The zero-order valence-electron chi connectivity index (χ0n) is 14.5. The normalized spacial score (nSPS) is 18.9. The van der Waals surface area contributed by atoms with E-state index in [-0.39, 0.29) is 18.4 Å². The number of alkyl halides is 2. The molecule has 3 aromatic rings. The van der Waals surface area contributed by atoms with E-state index >= 15 is 0 Å². The van der Waals surface area contributed by atoms with Gasteiger partial charge in [0.2, 0.25) is 5.88 Å². The largest absolute Gasteiger partial charge is 0.480 e. The SMILES string of the molecule is COc1ncc(-c2cc(N3CC(O)C(F)(F)C3)c3nccn3n2)c(OC)n1. The zero-order valence-corrected chi connectivity index (χ0v) is 14.5. The third-order valence-electron chi connectivity index (χ3n) is 4.35. The van der Waals surface area contributed by atoms with E-state index in [4.69, 9.17) is 9.47 Å². The van der Waals surface area contributed by atoms with E-state index in [1.54, 1.807) is 12.3 Å². The quantitative estimate of drug-likeness (QED) is 0.719. The third-order valence-corrected chi connectivity index (χ3v) is 4.35. The van der Waals surface area contributed by atoms with Gasteiger partial charge in [0.15, 0.2) is 5.65 Å². The van der Waals surface area contributed by atoms with E-state index in [2.05, 4.69) is 20.1 Å². The van der Waals surface area contributed by atoms with Gasteiger partial charge in [-0.05, 0) is 6.07 Å². The third kappa shape index (κ3) is 2.89. The Labute approximate surface area is 152 Å². The molecule has 0 amide bonds. The molecule has 1 N–H and O–H groups in total. The molecular formula is C16H16F2N6O3. The number of aliphatic hydroxyl groups excluding tert-OH is 1. The fraction of sp³-hybridized carbons (Fsp3) is 0.375. The average Bonchev–Trinajstić information content (AvgIpc) is 3.24. The predicted octanol–water partition coefficient (Wildman–Crippen LogP) is 1.02. The highest BCUT2D eigenvalue weighted by molar-refractivity contribution is 5.76. The number of methoxy groups -OCH3 is 2. The minimum absolute atomic E-state index is 0.127. The second-order valence-corrected chi connectivity index (χ2v) is 6.05. The summed E-state index contributed by atoms with van der Waals surface area (Å²) in [5, 5.41) is 14.1. The highest BCUT2D eigenvalue weighted by Gasteiger charge is 2.47. The zero-order chi connectivity index (χ0) is 19.2. The van der Waals surface area contributed by atoms with Crippen LogP contribution in [0.4, 0.5) is 14.5 Å². The van der Waals surface area contributed by atoms with Crippen molar-refractivity contribution in [3.05, 3.63) is 24.7 Å². The van der Waals surface area contributed by atoms with Gasteiger partial charge >= 0.3 is 6.01 Å². The molecule has 0 bridgehead atoms. The van der Waals surface area contributed by atoms with Gasteiger partial charge in [0, 0.05) is 18.6 Å². The van der Waals surface area contributed by atoms with Crippen LogP contribution in [0.15, 0.2) is 24.7 Å². The van der Waals surface area contributed by atoms with Gasteiger partial charge in [0.25, 0.3) is 5.92 Å². The lowest BCUT2D eigenvalue weighted by Crippen LogP contribution is -2.31. The second-order valence-electron chi connectivity index (χ2n) is 6.05. The number of aromatic nitrogens is 5. The molecule has 27 heavy (non-hydrogen) atoms. The van der Waals surface area contributed by atoms with Gasteiger partial charge in [-0.15, -0.1) is 0 Å². The maximum Gasteiger partial charge on any atom is 0.319 e. The van der Waals surface area contributed by atoms with Crippen molar-refractivity contribution in [1.82, 2.24) is 24.6 Å². The summed E-state index contributed by atoms with van der Waals surface area (Å²) in [7, 11) is 2.88. The van der Waals surface area contributed by atoms with E-state index in [0.29, 0.717) is 22.6 Å². The lowest BCUT2D eigenvalue weighted by molar-refractivity contribution is -0.0712. The number of rotatable bonds is 4. The van der Waals surface area contributed by atoms with Crippen LogP contribution in [0.3, 0.4) is 0 Å². The fourth-order valence-electron chi connectivity index (χ4n) is 3.00. The van der Waals surface area contributed by atoms with Crippen LogP contribution in [0.2, 0.25) is 0 Å². The maximum atomic E-state index is 13.8. The number of ether oxygens (including phenoxy) is 2. The molecule has 1 saturated heterocycles. The van der Waals surface area contributed by atoms with Crippen molar-refractivity contribution in [1.29, 1.82) is 0 Å². The molecule has 0 spiro atoms. The number of β-amino-alcohol motifs (C(OH)–C–C–N with tert-alkyl or cyclic N) is 1. The highest BCUT2D eigenvalue weighted by atomic mass is 19.3. The van der Waals surface area contributed by atoms with Gasteiger partial charge in [0.1, 0.15) is 11.8 Å². The standard InChI is InChI=1S/C16H16F2N6O3/c1-26-14-9(6-20-15(21-14)27-2)10-5-11(13-19-3-4-24(13)22-10)23-7-12(25)16(17,18)8-23/h3-6,12,25H,7-8H2,1-2H3. The first-order valence-corrected chi connectivity index (χ1v) is 8.03. The van der Waals surface area contributed by atoms with Crippen molar-refractivity contribution < 1.29 is 23.4 Å². The second kappa shape index (κ2) is 6.27. The molecule has 1 unspecified atom stereocenters. The van der Waals surface area contributed by atoms with Crippen LogP contribution in [0.5, 0.6) is 11.9 Å². The number of anilines is 1. The Balaban J connectivity index is 1.85. The molecular weight excluding hydrogens is 362 g/mol. The molecule has 0 saturated carbocycles. The molecule has 0 radical (unpaired) electrons. The van der Waals surface area contributed by atoms with Gasteiger partial charge in [-0.25, -0.2) is 23.3 Å².